The minimum absolute atomic E-state index is 0.0718. The van der Waals surface area contributed by atoms with E-state index in [1.165, 1.54) is 18.2 Å². The van der Waals surface area contributed by atoms with E-state index >= 15 is 0 Å². The number of nitrogens with one attached hydrogen (secondary N) is 1. The van der Waals surface area contributed by atoms with Gasteiger partial charge in [0, 0.05) is 43.4 Å². The average molecular weight is 336 g/mol. The molecule has 112 valence electrons. The zero-order valence-corrected chi connectivity index (χ0v) is 13.4. The highest BCUT2D eigenvalue weighted by Crippen LogP contribution is 2.23. The van der Waals surface area contributed by atoms with Crippen LogP contribution in [0.3, 0.4) is 0 Å². The van der Waals surface area contributed by atoms with E-state index in [0.29, 0.717) is 18.8 Å². The predicted molar refractivity (Wildman–Crippen MR) is 84.8 cm³/mol. The highest BCUT2D eigenvalue weighted by molar-refractivity contribution is 7.99. The third-order valence-corrected chi connectivity index (χ3v) is 5.96. The van der Waals surface area contributed by atoms with Crippen LogP contribution >= 0.6 is 23.4 Å². The Hall–Kier alpha value is -0.470. The van der Waals surface area contributed by atoms with Crippen LogP contribution in [0.15, 0.2) is 23.1 Å². The number of nitrogen functional groups attached to an aromatic ring is 1. The van der Waals surface area contributed by atoms with Crippen LogP contribution < -0.4 is 10.5 Å². The molecule has 20 heavy (non-hydrogen) atoms. The van der Waals surface area contributed by atoms with Crippen LogP contribution in [0.4, 0.5) is 5.69 Å². The maximum absolute atomic E-state index is 12.1. The van der Waals surface area contributed by atoms with Gasteiger partial charge in [0.25, 0.3) is 0 Å². The first-order valence-corrected chi connectivity index (χ1v) is 9.35. The van der Waals surface area contributed by atoms with E-state index in [1.54, 1.807) is 0 Å². The fourth-order valence-electron chi connectivity index (χ4n) is 1.98. The molecule has 1 aliphatic rings. The van der Waals surface area contributed by atoms with Crippen molar-refractivity contribution in [1.29, 1.82) is 0 Å². The lowest BCUT2D eigenvalue weighted by atomic mass is 10.3. The summed E-state index contributed by atoms with van der Waals surface area (Å²) in [5.74, 6) is 2.22. The van der Waals surface area contributed by atoms with Gasteiger partial charge in [0.05, 0.1) is 5.02 Å². The number of hydrogen-bond acceptors (Lipinski definition) is 5. The Labute approximate surface area is 128 Å². The first-order chi connectivity index (χ1) is 9.49. The van der Waals surface area contributed by atoms with Crippen LogP contribution in [0.5, 0.6) is 0 Å². The van der Waals surface area contributed by atoms with Gasteiger partial charge >= 0.3 is 0 Å². The molecule has 0 spiro atoms. The Bertz CT molecular complexity index is 560. The molecule has 5 nitrogen and oxygen atoms in total. The van der Waals surface area contributed by atoms with E-state index < -0.39 is 10.0 Å². The third kappa shape index (κ3) is 4.26. The Morgan fingerprint density at radius 3 is 2.70 bits per heavy atom. The topological polar surface area (TPSA) is 75.4 Å². The Morgan fingerprint density at radius 2 is 2.05 bits per heavy atom. The minimum atomic E-state index is -3.58. The van der Waals surface area contributed by atoms with Crippen LogP contribution in [0.25, 0.3) is 0 Å². The fourth-order valence-corrected chi connectivity index (χ4v) is 4.53. The summed E-state index contributed by atoms with van der Waals surface area (Å²) in [6.45, 7) is 3.12. The van der Waals surface area contributed by atoms with Crippen molar-refractivity contribution < 1.29 is 8.42 Å². The monoisotopic (exact) mass is 335 g/mol. The molecule has 2 rings (SSSR count). The quantitative estimate of drug-likeness (QED) is 0.792. The molecule has 0 unspecified atom stereocenters. The predicted octanol–water partition coefficient (Wildman–Crippen LogP) is 1.25. The Morgan fingerprint density at radius 1 is 1.35 bits per heavy atom. The number of benzene rings is 1. The van der Waals surface area contributed by atoms with Crippen molar-refractivity contribution in [2.75, 3.05) is 43.4 Å². The van der Waals surface area contributed by atoms with E-state index in [9.17, 15) is 8.42 Å². The molecule has 0 saturated carbocycles. The first-order valence-electron chi connectivity index (χ1n) is 6.34. The van der Waals surface area contributed by atoms with Crippen molar-refractivity contribution in [1.82, 2.24) is 9.62 Å². The number of anilines is 1. The molecule has 1 fully saturated rings. The van der Waals surface area contributed by atoms with Gasteiger partial charge in [-0.15, -0.1) is 0 Å². The largest absolute Gasteiger partial charge is 0.399 e. The fraction of sp³-hybridized carbons (Fsp3) is 0.500. The molecule has 0 atom stereocenters. The van der Waals surface area contributed by atoms with Crippen molar-refractivity contribution in [3.63, 3.8) is 0 Å². The van der Waals surface area contributed by atoms with E-state index in [1.807, 2.05) is 11.8 Å². The Kier molecular flexibility index (Phi) is 5.57. The molecule has 0 aromatic heterocycles. The van der Waals surface area contributed by atoms with Gasteiger partial charge in [0.1, 0.15) is 4.90 Å². The van der Waals surface area contributed by atoms with E-state index in [0.717, 1.165) is 24.6 Å². The molecule has 0 aliphatic carbocycles. The molecular weight excluding hydrogens is 318 g/mol. The van der Waals surface area contributed by atoms with Crippen molar-refractivity contribution in [3.05, 3.63) is 23.2 Å². The van der Waals surface area contributed by atoms with Crippen LogP contribution in [0.1, 0.15) is 0 Å². The summed E-state index contributed by atoms with van der Waals surface area (Å²) in [5, 5.41) is 0.145. The van der Waals surface area contributed by atoms with Crippen molar-refractivity contribution in [2.45, 2.75) is 4.90 Å². The lowest BCUT2D eigenvalue weighted by Gasteiger charge is -2.26. The lowest BCUT2D eigenvalue weighted by molar-refractivity contribution is 0.307. The molecule has 8 heteroatoms. The molecule has 1 aliphatic heterocycles. The normalized spacial score (nSPS) is 17.2. The standard InChI is InChI=1S/C12H18ClN3O2S2/c13-11-9-10(14)1-2-12(11)20(17,18)15-3-4-16-5-7-19-8-6-16/h1-2,9,15H,3-8,14H2. The SMILES string of the molecule is Nc1ccc(S(=O)(=O)NCCN2CCSCC2)c(Cl)c1. The van der Waals surface area contributed by atoms with Gasteiger partial charge in [-0.2, -0.15) is 11.8 Å². The van der Waals surface area contributed by atoms with Gasteiger partial charge in [-0.05, 0) is 18.2 Å². The molecule has 1 saturated heterocycles. The summed E-state index contributed by atoms with van der Waals surface area (Å²) in [6, 6.07) is 4.40. The number of hydrogen-bond donors (Lipinski definition) is 2. The lowest BCUT2D eigenvalue weighted by Crippen LogP contribution is -2.39. The minimum Gasteiger partial charge on any atom is -0.399 e. The van der Waals surface area contributed by atoms with E-state index in [4.69, 9.17) is 17.3 Å². The highest BCUT2D eigenvalue weighted by Gasteiger charge is 2.18. The summed E-state index contributed by atoms with van der Waals surface area (Å²) in [4.78, 5) is 2.33. The second-order valence-corrected chi connectivity index (χ2v) is 7.91. The van der Waals surface area contributed by atoms with Crippen LogP contribution in [0, 0.1) is 0 Å². The number of nitrogens with two attached hydrogens (primary N) is 1. The number of halogens is 1. The molecule has 3 N–H and O–H groups in total. The van der Waals surface area contributed by atoms with Crippen LogP contribution in [0.2, 0.25) is 5.02 Å². The molecule has 0 radical (unpaired) electrons. The van der Waals surface area contributed by atoms with Crippen LogP contribution in [-0.2, 0) is 10.0 Å². The number of thioether (sulfide) groups is 1. The van der Waals surface area contributed by atoms with Gasteiger partial charge in [0.15, 0.2) is 0 Å². The second-order valence-electron chi connectivity index (χ2n) is 4.54. The van der Waals surface area contributed by atoms with Gasteiger partial charge in [-0.25, -0.2) is 13.1 Å². The summed E-state index contributed by atoms with van der Waals surface area (Å²) < 4.78 is 26.9. The molecule has 1 aromatic carbocycles. The average Bonchev–Trinajstić information content (AvgIpc) is 2.39. The van der Waals surface area contributed by atoms with Crippen molar-refractivity contribution >= 4 is 39.1 Å². The number of nitrogens with zero attached hydrogens (tertiary/aromatic N) is 1. The maximum atomic E-state index is 12.1. The zero-order valence-electron chi connectivity index (χ0n) is 11.0. The van der Waals surface area contributed by atoms with E-state index in [-0.39, 0.29) is 9.92 Å². The summed E-state index contributed by atoms with van der Waals surface area (Å²) in [7, 11) is -3.58. The van der Waals surface area contributed by atoms with E-state index in [2.05, 4.69) is 9.62 Å². The number of rotatable bonds is 5. The molecule has 0 amide bonds. The Balaban J connectivity index is 1.93. The molecule has 1 heterocycles. The third-order valence-electron chi connectivity index (χ3n) is 3.07. The van der Waals surface area contributed by atoms with Gasteiger partial charge in [-0.1, -0.05) is 11.6 Å². The van der Waals surface area contributed by atoms with Gasteiger partial charge < -0.3 is 10.6 Å². The highest BCUT2D eigenvalue weighted by atomic mass is 35.5. The molecule has 0 bridgehead atoms. The molecule has 1 aromatic rings. The summed E-state index contributed by atoms with van der Waals surface area (Å²) in [5.41, 5.74) is 6.00. The van der Waals surface area contributed by atoms with Gasteiger partial charge in [-0.3, -0.25) is 0 Å². The van der Waals surface area contributed by atoms with Crippen molar-refractivity contribution in [2.24, 2.45) is 0 Å². The second kappa shape index (κ2) is 7.00. The zero-order chi connectivity index (χ0) is 14.6. The first kappa shape index (κ1) is 15.9. The van der Waals surface area contributed by atoms with Gasteiger partial charge in [0.2, 0.25) is 10.0 Å². The van der Waals surface area contributed by atoms with Crippen LogP contribution in [-0.4, -0.2) is 51.0 Å². The number of sulfonamides is 1. The summed E-state index contributed by atoms with van der Waals surface area (Å²) >= 11 is 7.86. The summed E-state index contributed by atoms with van der Waals surface area (Å²) in [6.07, 6.45) is 0. The maximum Gasteiger partial charge on any atom is 0.242 e. The smallest absolute Gasteiger partial charge is 0.242 e. The molecular formula is C12H18ClN3O2S2. The van der Waals surface area contributed by atoms with Crippen molar-refractivity contribution in [3.8, 4) is 0 Å².